The second-order valence-corrected chi connectivity index (χ2v) is 5.62. The Balaban J connectivity index is 1.59. The lowest BCUT2D eigenvalue weighted by molar-refractivity contribution is 0.0674. The normalized spacial score (nSPS) is 32.3. The molecule has 2 rings (SSSR count). The molecule has 2 unspecified atom stereocenters. The molecule has 0 aromatic carbocycles. The molecule has 2 aliphatic rings. The third-order valence-corrected chi connectivity index (χ3v) is 3.98. The summed E-state index contributed by atoms with van der Waals surface area (Å²) in [4.78, 5) is 2.58. The molecule has 3 nitrogen and oxygen atoms in total. The number of hydrogen-bond donors (Lipinski definition) is 1. The number of nitrogens with zero attached hydrogens (tertiary/aromatic N) is 1. The minimum atomic E-state index is 0.422. The Hall–Kier alpha value is -0.120. The molecule has 2 fully saturated rings. The van der Waals surface area contributed by atoms with Crippen molar-refractivity contribution in [3.63, 3.8) is 0 Å². The van der Waals surface area contributed by atoms with Gasteiger partial charge in [-0.2, -0.15) is 0 Å². The first-order valence-corrected chi connectivity index (χ1v) is 7.42. The van der Waals surface area contributed by atoms with Gasteiger partial charge in [0.05, 0.1) is 6.10 Å². The highest BCUT2D eigenvalue weighted by atomic mass is 16.5. The molecule has 1 N–H and O–H groups in total. The van der Waals surface area contributed by atoms with Crippen LogP contribution in [0, 0.1) is 0 Å². The predicted molar refractivity (Wildman–Crippen MR) is 71.3 cm³/mol. The van der Waals surface area contributed by atoms with Gasteiger partial charge in [0.25, 0.3) is 0 Å². The number of ether oxygens (including phenoxy) is 1. The van der Waals surface area contributed by atoms with E-state index in [2.05, 4.69) is 17.1 Å². The topological polar surface area (TPSA) is 24.5 Å². The van der Waals surface area contributed by atoms with Crippen LogP contribution in [0.15, 0.2) is 0 Å². The van der Waals surface area contributed by atoms with E-state index in [0.717, 1.165) is 19.2 Å². The van der Waals surface area contributed by atoms with E-state index in [4.69, 9.17) is 4.74 Å². The largest absolute Gasteiger partial charge is 0.377 e. The van der Waals surface area contributed by atoms with Crippen LogP contribution in [0.2, 0.25) is 0 Å². The van der Waals surface area contributed by atoms with E-state index in [-0.39, 0.29) is 0 Å². The van der Waals surface area contributed by atoms with Crippen LogP contribution >= 0.6 is 0 Å². The van der Waals surface area contributed by atoms with Gasteiger partial charge in [0.1, 0.15) is 0 Å². The van der Waals surface area contributed by atoms with Crippen molar-refractivity contribution < 1.29 is 4.74 Å². The van der Waals surface area contributed by atoms with Gasteiger partial charge in [-0.25, -0.2) is 0 Å². The molecule has 0 radical (unpaired) electrons. The molecule has 0 spiro atoms. The SMILES string of the molecule is CC1CN(CCCC2CCCCN2)CCCO1. The molecule has 2 atom stereocenters. The standard InChI is InChI=1S/C14H28N2O/c1-13-12-16(10-5-11-17-13)9-4-7-14-6-2-3-8-15-14/h13-15H,2-12H2,1H3. The van der Waals surface area contributed by atoms with Gasteiger partial charge in [-0.15, -0.1) is 0 Å². The van der Waals surface area contributed by atoms with E-state index in [1.165, 1.54) is 58.2 Å². The fourth-order valence-corrected chi connectivity index (χ4v) is 3.02. The molecular weight excluding hydrogens is 212 g/mol. The number of piperidine rings is 1. The van der Waals surface area contributed by atoms with E-state index in [1.54, 1.807) is 0 Å². The van der Waals surface area contributed by atoms with Crippen LogP contribution in [-0.4, -0.2) is 49.8 Å². The van der Waals surface area contributed by atoms with Crippen molar-refractivity contribution >= 4 is 0 Å². The van der Waals surface area contributed by atoms with Gasteiger partial charge < -0.3 is 15.0 Å². The highest BCUT2D eigenvalue weighted by molar-refractivity contribution is 4.73. The zero-order chi connectivity index (χ0) is 11.9. The molecule has 0 aromatic heterocycles. The van der Waals surface area contributed by atoms with E-state index in [0.29, 0.717) is 6.10 Å². The first kappa shape index (κ1) is 13.3. The monoisotopic (exact) mass is 240 g/mol. The maximum Gasteiger partial charge on any atom is 0.0673 e. The van der Waals surface area contributed by atoms with Gasteiger partial charge in [-0.05, 0) is 52.1 Å². The molecule has 17 heavy (non-hydrogen) atoms. The summed E-state index contributed by atoms with van der Waals surface area (Å²) >= 11 is 0. The van der Waals surface area contributed by atoms with E-state index in [9.17, 15) is 0 Å². The van der Waals surface area contributed by atoms with Crippen LogP contribution in [0.1, 0.15) is 45.4 Å². The molecule has 2 saturated heterocycles. The van der Waals surface area contributed by atoms with Crippen LogP contribution in [0.25, 0.3) is 0 Å². The molecule has 0 saturated carbocycles. The summed E-state index contributed by atoms with van der Waals surface area (Å²) in [6, 6.07) is 0.796. The second-order valence-electron chi connectivity index (χ2n) is 5.62. The Morgan fingerprint density at radius 3 is 3.06 bits per heavy atom. The lowest BCUT2D eigenvalue weighted by Gasteiger charge is -2.26. The molecule has 0 aromatic rings. The number of hydrogen-bond acceptors (Lipinski definition) is 3. The lowest BCUT2D eigenvalue weighted by Crippen LogP contribution is -2.36. The number of nitrogens with one attached hydrogen (secondary N) is 1. The van der Waals surface area contributed by atoms with Crippen LogP contribution in [-0.2, 0) is 4.74 Å². The molecule has 0 aliphatic carbocycles. The zero-order valence-electron chi connectivity index (χ0n) is 11.3. The zero-order valence-corrected chi connectivity index (χ0v) is 11.3. The fourth-order valence-electron chi connectivity index (χ4n) is 3.02. The van der Waals surface area contributed by atoms with Crippen LogP contribution in [0.4, 0.5) is 0 Å². The van der Waals surface area contributed by atoms with E-state index < -0.39 is 0 Å². The first-order valence-electron chi connectivity index (χ1n) is 7.42. The fraction of sp³-hybridized carbons (Fsp3) is 1.00. The maximum atomic E-state index is 5.68. The van der Waals surface area contributed by atoms with Crippen molar-refractivity contribution in [3.8, 4) is 0 Å². The maximum absolute atomic E-state index is 5.68. The Bertz CT molecular complexity index is 204. The summed E-state index contributed by atoms with van der Waals surface area (Å²) < 4.78 is 5.68. The average molecular weight is 240 g/mol. The Morgan fingerprint density at radius 2 is 2.24 bits per heavy atom. The van der Waals surface area contributed by atoms with Crippen LogP contribution in [0.3, 0.4) is 0 Å². The van der Waals surface area contributed by atoms with E-state index in [1.807, 2.05) is 0 Å². The first-order chi connectivity index (χ1) is 8.34. The molecule has 2 aliphatic heterocycles. The summed E-state index contributed by atoms with van der Waals surface area (Å²) in [6.07, 6.45) is 8.50. The van der Waals surface area contributed by atoms with Gasteiger partial charge in [-0.3, -0.25) is 0 Å². The van der Waals surface area contributed by atoms with Crippen molar-refractivity contribution in [3.05, 3.63) is 0 Å². The summed E-state index contributed by atoms with van der Waals surface area (Å²) in [6.45, 7) is 7.98. The summed E-state index contributed by atoms with van der Waals surface area (Å²) in [5.41, 5.74) is 0. The van der Waals surface area contributed by atoms with Crippen molar-refractivity contribution in [1.29, 1.82) is 0 Å². The quantitative estimate of drug-likeness (QED) is 0.813. The summed E-state index contributed by atoms with van der Waals surface area (Å²) in [5.74, 6) is 0. The lowest BCUT2D eigenvalue weighted by atomic mass is 10.0. The predicted octanol–water partition coefficient (Wildman–Crippen LogP) is 2.02. The minimum absolute atomic E-state index is 0.422. The summed E-state index contributed by atoms with van der Waals surface area (Å²) in [7, 11) is 0. The Morgan fingerprint density at radius 1 is 1.29 bits per heavy atom. The van der Waals surface area contributed by atoms with Gasteiger partial charge >= 0.3 is 0 Å². The van der Waals surface area contributed by atoms with Crippen LogP contribution in [0.5, 0.6) is 0 Å². The van der Waals surface area contributed by atoms with Crippen molar-refractivity contribution in [1.82, 2.24) is 10.2 Å². The van der Waals surface area contributed by atoms with Crippen molar-refractivity contribution in [2.45, 2.75) is 57.6 Å². The van der Waals surface area contributed by atoms with Crippen molar-refractivity contribution in [2.75, 3.05) is 32.8 Å². The average Bonchev–Trinajstić information content (AvgIpc) is 2.55. The summed E-state index contributed by atoms with van der Waals surface area (Å²) in [5, 5.41) is 3.63. The van der Waals surface area contributed by atoms with Gasteiger partial charge in [0, 0.05) is 25.7 Å². The van der Waals surface area contributed by atoms with Crippen molar-refractivity contribution in [2.24, 2.45) is 0 Å². The Kier molecular flexibility index (Phi) is 5.75. The third kappa shape index (κ3) is 4.94. The van der Waals surface area contributed by atoms with Gasteiger partial charge in [0.15, 0.2) is 0 Å². The van der Waals surface area contributed by atoms with Gasteiger partial charge in [0.2, 0.25) is 0 Å². The van der Waals surface area contributed by atoms with Gasteiger partial charge in [-0.1, -0.05) is 6.42 Å². The minimum Gasteiger partial charge on any atom is -0.377 e. The second kappa shape index (κ2) is 7.34. The molecule has 0 amide bonds. The molecule has 0 bridgehead atoms. The molecular formula is C14H28N2O. The molecule has 3 heteroatoms. The van der Waals surface area contributed by atoms with Crippen LogP contribution < -0.4 is 5.32 Å². The molecule has 2 heterocycles. The number of rotatable bonds is 4. The van der Waals surface area contributed by atoms with E-state index >= 15 is 0 Å². The smallest absolute Gasteiger partial charge is 0.0673 e. The highest BCUT2D eigenvalue weighted by Crippen LogP contribution is 2.13. The highest BCUT2D eigenvalue weighted by Gasteiger charge is 2.16. The third-order valence-electron chi connectivity index (χ3n) is 3.98. The Labute approximate surface area is 106 Å². The molecule has 100 valence electrons.